The van der Waals surface area contributed by atoms with E-state index in [2.05, 4.69) is 50.1 Å². The normalized spacial score (nSPS) is 14.4. The van der Waals surface area contributed by atoms with Gasteiger partial charge in [0, 0.05) is 18.8 Å². The third-order valence-corrected chi connectivity index (χ3v) is 5.12. The van der Waals surface area contributed by atoms with Crippen LogP contribution in [0.4, 0.5) is 5.69 Å². The Morgan fingerprint density at radius 1 is 0.935 bits per heavy atom. The quantitative estimate of drug-likeness (QED) is 0.272. The van der Waals surface area contributed by atoms with Gasteiger partial charge in [0.2, 0.25) is 5.91 Å². The first-order valence-electron chi connectivity index (χ1n) is 10.9. The molecular weight excluding hydrogens is 501 g/mol. The number of carbonyl (C=O) groups excluding carboxylic acids is 1. The summed E-state index contributed by atoms with van der Waals surface area (Å²) >= 11 is 0. The number of anilines is 1. The molecule has 1 amide bonds. The highest BCUT2D eigenvalue weighted by atomic mass is 127. The molecule has 168 valence electrons. The second-order valence-corrected chi connectivity index (χ2v) is 7.62. The van der Waals surface area contributed by atoms with Gasteiger partial charge in [-0.15, -0.1) is 24.0 Å². The second kappa shape index (κ2) is 14.0. The van der Waals surface area contributed by atoms with E-state index in [0.717, 1.165) is 24.3 Å². The van der Waals surface area contributed by atoms with Gasteiger partial charge < -0.3 is 16.0 Å². The summed E-state index contributed by atoms with van der Waals surface area (Å²) in [5.41, 5.74) is 3.30. The van der Waals surface area contributed by atoms with E-state index in [1.807, 2.05) is 37.3 Å². The molecule has 0 aliphatic carbocycles. The maximum atomic E-state index is 12.1. The summed E-state index contributed by atoms with van der Waals surface area (Å²) in [5, 5.41) is 9.15. The van der Waals surface area contributed by atoms with Gasteiger partial charge in [-0.2, -0.15) is 0 Å². The second-order valence-electron chi connectivity index (χ2n) is 7.62. The van der Waals surface area contributed by atoms with Gasteiger partial charge in [0.15, 0.2) is 5.96 Å². The summed E-state index contributed by atoms with van der Waals surface area (Å²) in [5.74, 6) is 0.534. The number of likely N-dealkylation sites (tertiary alicyclic amines) is 1. The standard InChI is InChI=1S/C24H33N5O.HI/c1-2-25-24(27-18-23(30)28-22-9-5-3-6-10-22)26-17-20-11-13-21(14-12-20)19-29-15-7-4-8-16-29;/h3,5-6,9-14H,2,4,7-8,15-19H2,1H3,(H,28,30)(H2,25,26,27);1H. The summed E-state index contributed by atoms with van der Waals surface area (Å²) in [7, 11) is 0. The number of hydrogen-bond donors (Lipinski definition) is 3. The number of carbonyl (C=O) groups is 1. The zero-order valence-corrected chi connectivity index (χ0v) is 20.6. The lowest BCUT2D eigenvalue weighted by atomic mass is 10.1. The van der Waals surface area contributed by atoms with E-state index >= 15 is 0 Å². The molecule has 0 saturated carbocycles. The van der Waals surface area contributed by atoms with Crippen molar-refractivity contribution < 1.29 is 4.79 Å². The van der Waals surface area contributed by atoms with Crippen LogP contribution in [0, 0.1) is 0 Å². The third-order valence-electron chi connectivity index (χ3n) is 5.12. The van der Waals surface area contributed by atoms with Crippen LogP contribution >= 0.6 is 24.0 Å². The number of nitrogens with zero attached hydrogens (tertiary/aromatic N) is 2. The lowest BCUT2D eigenvalue weighted by Crippen LogP contribution is -2.41. The highest BCUT2D eigenvalue weighted by Gasteiger charge is 2.10. The van der Waals surface area contributed by atoms with Crippen molar-refractivity contribution in [3.8, 4) is 0 Å². The number of guanidine groups is 1. The Hall–Kier alpha value is -2.13. The van der Waals surface area contributed by atoms with Crippen LogP contribution in [0.3, 0.4) is 0 Å². The van der Waals surface area contributed by atoms with Crippen LogP contribution in [0.2, 0.25) is 0 Å². The van der Waals surface area contributed by atoms with Crippen molar-refractivity contribution in [2.75, 3.05) is 31.5 Å². The van der Waals surface area contributed by atoms with Crippen molar-refractivity contribution in [1.29, 1.82) is 0 Å². The van der Waals surface area contributed by atoms with Crippen LogP contribution in [0.5, 0.6) is 0 Å². The van der Waals surface area contributed by atoms with Gasteiger partial charge in [-0.05, 0) is 56.1 Å². The van der Waals surface area contributed by atoms with Crippen LogP contribution in [-0.2, 0) is 17.9 Å². The SMILES string of the molecule is CCNC(=NCc1ccc(CN2CCCCC2)cc1)NCC(=O)Nc1ccccc1.I. The first-order chi connectivity index (χ1) is 14.7. The molecule has 1 saturated heterocycles. The van der Waals surface area contributed by atoms with E-state index < -0.39 is 0 Å². The third kappa shape index (κ3) is 9.26. The number of rotatable bonds is 8. The van der Waals surface area contributed by atoms with Gasteiger partial charge in [-0.3, -0.25) is 9.69 Å². The van der Waals surface area contributed by atoms with Gasteiger partial charge in [0.1, 0.15) is 0 Å². The van der Waals surface area contributed by atoms with E-state index in [1.165, 1.54) is 37.9 Å². The molecule has 0 spiro atoms. The van der Waals surface area contributed by atoms with Crippen LogP contribution in [0.25, 0.3) is 0 Å². The summed E-state index contributed by atoms with van der Waals surface area (Å²) in [6.07, 6.45) is 4.00. The summed E-state index contributed by atoms with van der Waals surface area (Å²) < 4.78 is 0. The molecule has 1 aliphatic heterocycles. The van der Waals surface area contributed by atoms with Gasteiger partial charge in [-0.25, -0.2) is 4.99 Å². The predicted octanol–water partition coefficient (Wildman–Crippen LogP) is 3.98. The number of benzene rings is 2. The first-order valence-corrected chi connectivity index (χ1v) is 10.9. The largest absolute Gasteiger partial charge is 0.357 e. The highest BCUT2D eigenvalue weighted by molar-refractivity contribution is 14.0. The Bertz CT molecular complexity index is 804. The van der Waals surface area contributed by atoms with Crippen LogP contribution in [0.1, 0.15) is 37.3 Å². The van der Waals surface area contributed by atoms with Crippen LogP contribution < -0.4 is 16.0 Å². The maximum absolute atomic E-state index is 12.1. The zero-order chi connectivity index (χ0) is 21.0. The van der Waals surface area contributed by atoms with Gasteiger partial charge in [0.05, 0.1) is 13.1 Å². The first kappa shape index (κ1) is 25.1. The molecule has 3 N–H and O–H groups in total. The number of aliphatic imine (C=N–C) groups is 1. The number of nitrogens with one attached hydrogen (secondary N) is 3. The molecule has 0 unspecified atom stereocenters. The zero-order valence-electron chi connectivity index (χ0n) is 18.3. The van der Waals surface area contributed by atoms with Gasteiger partial charge in [0.25, 0.3) is 0 Å². The monoisotopic (exact) mass is 535 g/mol. The smallest absolute Gasteiger partial charge is 0.243 e. The van der Waals surface area contributed by atoms with E-state index in [1.54, 1.807) is 0 Å². The highest BCUT2D eigenvalue weighted by Crippen LogP contribution is 2.14. The van der Waals surface area contributed by atoms with Crippen LogP contribution in [-0.4, -0.2) is 42.9 Å². The molecule has 1 fully saturated rings. The molecule has 1 aliphatic rings. The molecule has 0 radical (unpaired) electrons. The molecule has 2 aromatic carbocycles. The molecule has 2 aromatic rings. The van der Waals surface area contributed by atoms with Gasteiger partial charge in [-0.1, -0.05) is 48.9 Å². The average Bonchev–Trinajstić information content (AvgIpc) is 2.78. The number of hydrogen-bond acceptors (Lipinski definition) is 3. The minimum atomic E-state index is -0.103. The molecular formula is C24H34IN5O. The molecule has 31 heavy (non-hydrogen) atoms. The van der Waals surface area contributed by atoms with E-state index in [-0.39, 0.29) is 36.4 Å². The maximum Gasteiger partial charge on any atom is 0.243 e. The number of piperidine rings is 1. The lowest BCUT2D eigenvalue weighted by Gasteiger charge is -2.26. The average molecular weight is 535 g/mol. The Balaban J connectivity index is 0.00000341. The fourth-order valence-corrected chi connectivity index (χ4v) is 3.53. The van der Waals surface area contributed by atoms with Crippen molar-refractivity contribution in [3.63, 3.8) is 0 Å². The molecule has 0 atom stereocenters. The lowest BCUT2D eigenvalue weighted by molar-refractivity contribution is -0.115. The Morgan fingerprint density at radius 3 is 2.29 bits per heavy atom. The Morgan fingerprint density at radius 2 is 1.61 bits per heavy atom. The molecule has 0 bridgehead atoms. The Kier molecular flexibility index (Phi) is 11.4. The fourth-order valence-electron chi connectivity index (χ4n) is 3.53. The minimum absolute atomic E-state index is 0. The summed E-state index contributed by atoms with van der Waals surface area (Å²) in [6, 6.07) is 18.1. The minimum Gasteiger partial charge on any atom is -0.357 e. The molecule has 1 heterocycles. The van der Waals surface area contributed by atoms with Crippen LogP contribution in [0.15, 0.2) is 59.6 Å². The Labute approximate surface area is 202 Å². The predicted molar refractivity (Wildman–Crippen MR) is 139 cm³/mol. The van der Waals surface area contributed by atoms with E-state index in [0.29, 0.717) is 12.5 Å². The van der Waals surface area contributed by atoms with Crippen molar-refractivity contribution >= 4 is 41.5 Å². The van der Waals surface area contributed by atoms with Crippen molar-refractivity contribution in [2.45, 2.75) is 39.3 Å². The number of halogens is 1. The summed E-state index contributed by atoms with van der Waals surface area (Å²) in [6.45, 7) is 6.93. The molecule has 3 rings (SSSR count). The van der Waals surface area contributed by atoms with E-state index in [4.69, 9.17) is 0 Å². The van der Waals surface area contributed by atoms with Crippen molar-refractivity contribution in [2.24, 2.45) is 4.99 Å². The fraction of sp³-hybridized carbons (Fsp3) is 0.417. The van der Waals surface area contributed by atoms with E-state index in [9.17, 15) is 4.79 Å². The number of para-hydroxylation sites is 1. The molecule has 6 nitrogen and oxygen atoms in total. The van der Waals surface area contributed by atoms with Crippen molar-refractivity contribution in [3.05, 3.63) is 65.7 Å². The van der Waals surface area contributed by atoms with Gasteiger partial charge >= 0.3 is 0 Å². The topological polar surface area (TPSA) is 68.8 Å². The summed E-state index contributed by atoms with van der Waals surface area (Å²) in [4.78, 5) is 19.3. The number of amides is 1. The molecule has 0 aromatic heterocycles. The van der Waals surface area contributed by atoms with Crippen molar-refractivity contribution in [1.82, 2.24) is 15.5 Å². The molecule has 7 heteroatoms.